The van der Waals surface area contributed by atoms with E-state index in [1.807, 2.05) is 0 Å². The topological polar surface area (TPSA) is 35.2 Å². The summed E-state index contributed by atoms with van der Waals surface area (Å²) in [6, 6.07) is 5.24. The van der Waals surface area contributed by atoms with Crippen molar-refractivity contribution in [3.63, 3.8) is 0 Å². The third-order valence-electron chi connectivity index (χ3n) is 2.69. The second-order valence-corrected chi connectivity index (χ2v) is 4.14. The first-order valence-electron chi connectivity index (χ1n) is 5.76. The van der Waals surface area contributed by atoms with Gasteiger partial charge in [-0.15, -0.1) is 0 Å². The molecular weight excluding hydrogens is 274 g/mol. The van der Waals surface area contributed by atoms with Crippen molar-refractivity contribution in [3.05, 3.63) is 65.2 Å². The second-order valence-electron chi connectivity index (χ2n) is 4.14. The van der Waals surface area contributed by atoms with Crippen molar-refractivity contribution in [1.29, 1.82) is 0 Å². The molecule has 0 aliphatic carbocycles. The lowest BCUT2D eigenvalue weighted by Gasteiger charge is -2.15. The molecule has 20 heavy (non-hydrogen) atoms. The number of rotatable bonds is 4. The first kappa shape index (κ1) is 14.3. The first-order chi connectivity index (χ1) is 9.49. The summed E-state index contributed by atoms with van der Waals surface area (Å²) in [6.07, 6.45) is 0. The lowest BCUT2D eigenvalue weighted by Crippen LogP contribution is -2.21. The Morgan fingerprint density at radius 1 is 1.00 bits per heavy atom. The minimum atomic E-state index is -1.08. The van der Waals surface area contributed by atoms with Gasteiger partial charge in [0.05, 0.1) is 6.04 Å². The maximum Gasteiger partial charge on any atom is 0.165 e. The molecule has 0 aliphatic heterocycles. The summed E-state index contributed by atoms with van der Waals surface area (Å²) in [5, 5.41) is 0. The van der Waals surface area contributed by atoms with Gasteiger partial charge in [-0.25, -0.2) is 17.6 Å². The van der Waals surface area contributed by atoms with E-state index in [2.05, 4.69) is 0 Å². The van der Waals surface area contributed by atoms with Crippen LogP contribution in [0, 0.1) is 23.3 Å². The zero-order valence-electron chi connectivity index (χ0n) is 10.2. The van der Waals surface area contributed by atoms with Gasteiger partial charge >= 0.3 is 0 Å². The first-order valence-corrected chi connectivity index (χ1v) is 5.76. The lowest BCUT2D eigenvalue weighted by molar-refractivity contribution is 0.272. The average Bonchev–Trinajstić information content (AvgIpc) is 2.42. The molecule has 0 aliphatic rings. The van der Waals surface area contributed by atoms with E-state index in [1.54, 1.807) is 0 Å². The van der Waals surface area contributed by atoms with Gasteiger partial charge in [-0.1, -0.05) is 12.1 Å². The van der Waals surface area contributed by atoms with Crippen LogP contribution in [0.25, 0.3) is 0 Å². The van der Waals surface area contributed by atoms with E-state index in [-0.39, 0.29) is 17.9 Å². The van der Waals surface area contributed by atoms with Gasteiger partial charge in [0, 0.05) is 11.6 Å². The van der Waals surface area contributed by atoms with E-state index in [9.17, 15) is 17.6 Å². The molecular formula is C14H11F4NO. The average molecular weight is 285 g/mol. The number of ether oxygens (including phenoxy) is 1. The quantitative estimate of drug-likeness (QED) is 0.875. The third-order valence-corrected chi connectivity index (χ3v) is 2.69. The molecule has 0 heterocycles. The second kappa shape index (κ2) is 5.92. The van der Waals surface area contributed by atoms with Crippen LogP contribution in [0.5, 0.6) is 5.75 Å². The van der Waals surface area contributed by atoms with Crippen molar-refractivity contribution in [2.45, 2.75) is 6.04 Å². The van der Waals surface area contributed by atoms with Gasteiger partial charge in [0.25, 0.3) is 0 Å². The maximum absolute atomic E-state index is 13.5. The molecule has 2 N–H and O–H groups in total. The molecule has 0 amide bonds. The van der Waals surface area contributed by atoms with E-state index in [0.717, 1.165) is 24.3 Å². The Kier molecular flexibility index (Phi) is 4.24. The van der Waals surface area contributed by atoms with Crippen LogP contribution in [0.2, 0.25) is 0 Å². The summed E-state index contributed by atoms with van der Waals surface area (Å²) in [6.45, 7) is -0.319. The minimum absolute atomic E-state index is 0.0955. The van der Waals surface area contributed by atoms with E-state index >= 15 is 0 Å². The van der Waals surface area contributed by atoms with Crippen LogP contribution in [0.15, 0.2) is 36.4 Å². The zero-order chi connectivity index (χ0) is 14.7. The number of benzene rings is 2. The SMILES string of the molecule is NC(COc1cc(F)ccc1F)c1cccc(F)c1F. The predicted octanol–water partition coefficient (Wildman–Crippen LogP) is 3.32. The van der Waals surface area contributed by atoms with E-state index in [0.29, 0.717) is 0 Å². The van der Waals surface area contributed by atoms with Gasteiger partial charge in [0.15, 0.2) is 23.2 Å². The highest BCUT2D eigenvalue weighted by Gasteiger charge is 2.16. The lowest BCUT2D eigenvalue weighted by atomic mass is 10.1. The van der Waals surface area contributed by atoms with E-state index < -0.39 is 29.3 Å². The molecule has 1 atom stereocenters. The molecule has 2 rings (SSSR count). The largest absolute Gasteiger partial charge is 0.488 e. The summed E-state index contributed by atoms with van der Waals surface area (Å²) in [7, 11) is 0. The normalized spacial score (nSPS) is 12.2. The summed E-state index contributed by atoms with van der Waals surface area (Å²) >= 11 is 0. The van der Waals surface area contributed by atoms with Crippen molar-refractivity contribution in [1.82, 2.24) is 0 Å². The number of hydrogen-bond donors (Lipinski definition) is 1. The number of halogens is 4. The van der Waals surface area contributed by atoms with Crippen LogP contribution in [0.4, 0.5) is 17.6 Å². The fraction of sp³-hybridized carbons (Fsp3) is 0.143. The fourth-order valence-electron chi connectivity index (χ4n) is 1.66. The van der Waals surface area contributed by atoms with Crippen LogP contribution < -0.4 is 10.5 Å². The monoisotopic (exact) mass is 285 g/mol. The minimum Gasteiger partial charge on any atom is -0.488 e. The molecule has 0 saturated carbocycles. The van der Waals surface area contributed by atoms with E-state index in [4.69, 9.17) is 10.5 Å². The standard InChI is InChI=1S/C14H11F4NO/c15-8-4-5-10(16)13(6-8)20-7-12(19)9-2-1-3-11(17)14(9)18/h1-6,12H,7,19H2. The number of nitrogens with two attached hydrogens (primary N) is 1. The molecule has 2 aromatic carbocycles. The molecule has 2 aromatic rings. The highest BCUT2D eigenvalue weighted by molar-refractivity contribution is 5.26. The van der Waals surface area contributed by atoms with Gasteiger partial charge in [-0.05, 0) is 18.2 Å². The Bertz CT molecular complexity index is 618. The van der Waals surface area contributed by atoms with Gasteiger partial charge in [-0.2, -0.15) is 0 Å². The smallest absolute Gasteiger partial charge is 0.165 e. The number of hydrogen-bond acceptors (Lipinski definition) is 2. The van der Waals surface area contributed by atoms with Crippen molar-refractivity contribution in [3.8, 4) is 5.75 Å². The molecule has 0 radical (unpaired) electrons. The Balaban J connectivity index is 2.10. The fourth-order valence-corrected chi connectivity index (χ4v) is 1.66. The van der Waals surface area contributed by atoms with Crippen LogP contribution >= 0.6 is 0 Å². The molecule has 0 spiro atoms. The molecule has 0 aromatic heterocycles. The van der Waals surface area contributed by atoms with Crippen LogP contribution in [-0.4, -0.2) is 6.61 Å². The molecule has 0 fully saturated rings. The molecule has 6 heteroatoms. The third kappa shape index (κ3) is 3.08. The van der Waals surface area contributed by atoms with Crippen molar-refractivity contribution in [2.75, 3.05) is 6.61 Å². The van der Waals surface area contributed by atoms with Crippen molar-refractivity contribution in [2.24, 2.45) is 5.73 Å². The van der Waals surface area contributed by atoms with Crippen molar-refractivity contribution >= 4 is 0 Å². The van der Waals surface area contributed by atoms with Crippen LogP contribution in [0.1, 0.15) is 11.6 Å². The maximum atomic E-state index is 13.5. The highest BCUT2D eigenvalue weighted by Crippen LogP contribution is 2.21. The summed E-state index contributed by atoms with van der Waals surface area (Å²) < 4.78 is 57.7. The molecule has 1 unspecified atom stereocenters. The summed E-state index contributed by atoms with van der Waals surface area (Å²) in [5.74, 6) is -3.89. The zero-order valence-corrected chi connectivity index (χ0v) is 10.2. The molecule has 0 saturated heterocycles. The molecule has 0 bridgehead atoms. The Labute approximate surface area is 112 Å². The van der Waals surface area contributed by atoms with Gasteiger partial charge < -0.3 is 10.5 Å². The summed E-state index contributed by atoms with van der Waals surface area (Å²) in [4.78, 5) is 0. The highest BCUT2D eigenvalue weighted by atomic mass is 19.2. The van der Waals surface area contributed by atoms with Crippen LogP contribution in [0.3, 0.4) is 0 Å². The van der Waals surface area contributed by atoms with Crippen LogP contribution in [-0.2, 0) is 0 Å². The Morgan fingerprint density at radius 3 is 2.50 bits per heavy atom. The van der Waals surface area contributed by atoms with Gasteiger partial charge in [0.1, 0.15) is 12.4 Å². The van der Waals surface area contributed by atoms with Gasteiger partial charge in [0.2, 0.25) is 0 Å². The predicted molar refractivity (Wildman–Crippen MR) is 65.1 cm³/mol. The Hall–Kier alpha value is -2.08. The summed E-state index contributed by atoms with van der Waals surface area (Å²) in [5.41, 5.74) is 5.56. The van der Waals surface area contributed by atoms with Crippen molar-refractivity contribution < 1.29 is 22.3 Å². The Morgan fingerprint density at radius 2 is 1.75 bits per heavy atom. The van der Waals surface area contributed by atoms with E-state index in [1.165, 1.54) is 12.1 Å². The van der Waals surface area contributed by atoms with Gasteiger partial charge in [-0.3, -0.25) is 0 Å². The molecule has 2 nitrogen and oxygen atoms in total. The molecule has 106 valence electrons.